The van der Waals surface area contributed by atoms with E-state index in [9.17, 15) is 9.59 Å². The Bertz CT molecular complexity index is 403. The molecule has 0 saturated heterocycles. The number of aliphatic carboxylic acids is 1. The number of carboxylic acids is 1. The molecule has 0 radical (unpaired) electrons. The highest BCUT2D eigenvalue weighted by atomic mass is 32.1. The maximum atomic E-state index is 11.6. The van der Waals surface area contributed by atoms with Crippen molar-refractivity contribution in [2.45, 2.75) is 57.9 Å². The molecule has 1 amide bonds. The zero-order valence-electron chi connectivity index (χ0n) is 11.9. The van der Waals surface area contributed by atoms with Gasteiger partial charge in [0.2, 0.25) is 5.91 Å². The molecule has 0 saturated carbocycles. The van der Waals surface area contributed by atoms with Crippen LogP contribution in [0.3, 0.4) is 0 Å². The summed E-state index contributed by atoms with van der Waals surface area (Å²) < 4.78 is 0. The predicted octanol–water partition coefficient (Wildman–Crippen LogP) is 3.22. The summed E-state index contributed by atoms with van der Waals surface area (Å²) in [6.45, 7) is 1.84. The molecule has 0 aliphatic carbocycles. The summed E-state index contributed by atoms with van der Waals surface area (Å²) in [7, 11) is 0. The first-order valence-corrected chi connectivity index (χ1v) is 7.99. The van der Waals surface area contributed by atoms with Crippen LogP contribution >= 0.6 is 11.3 Å². The number of rotatable bonds is 10. The summed E-state index contributed by atoms with van der Waals surface area (Å²) in [5.74, 6) is -0.793. The quantitative estimate of drug-likeness (QED) is 0.652. The first-order chi connectivity index (χ1) is 9.58. The van der Waals surface area contributed by atoms with E-state index in [1.807, 2.05) is 6.92 Å². The lowest BCUT2D eigenvalue weighted by Gasteiger charge is -2.12. The van der Waals surface area contributed by atoms with Gasteiger partial charge in [0, 0.05) is 23.8 Å². The van der Waals surface area contributed by atoms with Crippen LogP contribution in [0.25, 0.3) is 0 Å². The van der Waals surface area contributed by atoms with Gasteiger partial charge in [-0.05, 0) is 44.1 Å². The molecule has 0 aliphatic heterocycles. The van der Waals surface area contributed by atoms with Gasteiger partial charge >= 0.3 is 5.97 Å². The van der Waals surface area contributed by atoms with Crippen molar-refractivity contribution >= 4 is 23.2 Å². The van der Waals surface area contributed by atoms with Gasteiger partial charge in [-0.25, -0.2) is 0 Å². The monoisotopic (exact) mass is 297 g/mol. The summed E-state index contributed by atoms with van der Waals surface area (Å²) in [6, 6.07) is 4.14. The summed E-state index contributed by atoms with van der Waals surface area (Å²) in [4.78, 5) is 23.5. The third-order valence-corrected chi connectivity index (χ3v) is 4.04. The molecular weight excluding hydrogens is 274 g/mol. The molecule has 0 spiro atoms. The number of carbonyl (C=O) groups excluding carboxylic acids is 1. The highest BCUT2D eigenvalue weighted by Gasteiger charge is 2.08. The van der Waals surface area contributed by atoms with E-state index in [0.29, 0.717) is 12.8 Å². The minimum absolute atomic E-state index is 0.0269. The van der Waals surface area contributed by atoms with Gasteiger partial charge in [-0.1, -0.05) is 12.5 Å². The Morgan fingerprint density at radius 1 is 1.30 bits per heavy atom. The molecule has 1 aromatic heterocycles. The number of carbonyl (C=O) groups is 2. The molecule has 1 atom stereocenters. The van der Waals surface area contributed by atoms with Crippen molar-refractivity contribution in [2.75, 3.05) is 0 Å². The minimum atomic E-state index is -0.820. The molecular formula is C15H23NO3S. The predicted molar refractivity (Wildman–Crippen MR) is 81.0 cm³/mol. The van der Waals surface area contributed by atoms with Gasteiger partial charge in [-0.15, -0.1) is 11.3 Å². The molecule has 0 aliphatic rings. The van der Waals surface area contributed by atoms with Gasteiger partial charge in [-0.2, -0.15) is 0 Å². The average molecular weight is 297 g/mol. The molecule has 20 heavy (non-hydrogen) atoms. The normalized spacial score (nSPS) is 12.1. The fourth-order valence-corrected chi connectivity index (χ4v) is 2.73. The van der Waals surface area contributed by atoms with E-state index in [-0.39, 0.29) is 18.4 Å². The number of nitrogens with one attached hydrogen (secondary N) is 1. The highest BCUT2D eigenvalue weighted by Crippen LogP contribution is 2.13. The van der Waals surface area contributed by atoms with Crippen LogP contribution < -0.4 is 5.32 Å². The molecule has 0 fully saturated rings. The second-order valence-electron chi connectivity index (χ2n) is 5.04. The Morgan fingerprint density at radius 3 is 2.75 bits per heavy atom. The van der Waals surface area contributed by atoms with Crippen molar-refractivity contribution in [1.82, 2.24) is 5.32 Å². The smallest absolute Gasteiger partial charge is 0.303 e. The van der Waals surface area contributed by atoms with Crippen molar-refractivity contribution in [3.63, 3.8) is 0 Å². The van der Waals surface area contributed by atoms with Gasteiger partial charge in [-0.3, -0.25) is 9.59 Å². The molecule has 1 aromatic rings. The van der Waals surface area contributed by atoms with Crippen LogP contribution in [0, 0.1) is 0 Å². The van der Waals surface area contributed by atoms with Gasteiger partial charge in [0.1, 0.15) is 0 Å². The standard InChI is InChI=1S/C15H23NO3S/c1-12(9-10-15(18)19)16-14(17)8-4-2-3-6-13-7-5-11-20-13/h5,7,11-12H,2-4,6,8-10H2,1H3,(H,16,17)(H,18,19). The second-order valence-corrected chi connectivity index (χ2v) is 6.07. The summed E-state index contributed by atoms with van der Waals surface area (Å²) in [6.07, 6.45) is 5.26. The van der Waals surface area contributed by atoms with E-state index in [1.54, 1.807) is 11.3 Å². The molecule has 1 unspecified atom stereocenters. The maximum absolute atomic E-state index is 11.6. The number of thiophene rings is 1. The average Bonchev–Trinajstić information content (AvgIpc) is 2.89. The van der Waals surface area contributed by atoms with Gasteiger partial charge in [0.05, 0.1) is 0 Å². The van der Waals surface area contributed by atoms with Crippen LogP contribution in [0.2, 0.25) is 0 Å². The van der Waals surface area contributed by atoms with Crippen molar-refractivity contribution < 1.29 is 14.7 Å². The van der Waals surface area contributed by atoms with E-state index in [2.05, 4.69) is 22.8 Å². The lowest BCUT2D eigenvalue weighted by molar-refractivity contribution is -0.137. The molecule has 112 valence electrons. The molecule has 1 rings (SSSR count). The summed E-state index contributed by atoms with van der Waals surface area (Å²) in [5, 5.41) is 13.5. The zero-order chi connectivity index (χ0) is 14.8. The van der Waals surface area contributed by atoms with Crippen LogP contribution in [0.15, 0.2) is 17.5 Å². The van der Waals surface area contributed by atoms with Gasteiger partial charge in [0.15, 0.2) is 0 Å². The topological polar surface area (TPSA) is 66.4 Å². The number of hydrogen-bond donors (Lipinski definition) is 2. The Hall–Kier alpha value is -1.36. The van der Waals surface area contributed by atoms with E-state index in [4.69, 9.17) is 5.11 Å². The van der Waals surface area contributed by atoms with Crippen LogP contribution in [0.5, 0.6) is 0 Å². The molecule has 0 aromatic carbocycles. The first kappa shape index (κ1) is 16.7. The Morgan fingerprint density at radius 2 is 2.10 bits per heavy atom. The minimum Gasteiger partial charge on any atom is -0.481 e. The Labute approximate surface area is 124 Å². The van der Waals surface area contributed by atoms with Crippen molar-refractivity contribution in [2.24, 2.45) is 0 Å². The van der Waals surface area contributed by atoms with E-state index in [0.717, 1.165) is 25.7 Å². The number of amides is 1. The Balaban J connectivity index is 2.00. The Kier molecular flexibility index (Phi) is 7.95. The third-order valence-electron chi connectivity index (χ3n) is 3.11. The van der Waals surface area contributed by atoms with E-state index in [1.165, 1.54) is 4.88 Å². The largest absolute Gasteiger partial charge is 0.481 e. The molecule has 1 heterocycles. The van der Waals surface area contributed by atoms with Crippen molar-refractivity contribution in [3.05, 3.63) is 22.4 Å². The fraction of sp³-hybridized carbons (Fsp3) is 0.600. The fourth-order valence-electron chi connectivity index (χ4n) is 1.98. The number of carboxylic acid groups (broad SMARTS) is 1. The van der Waals surface area contributed by atoms with Crippen LogP contribution in [0.1, 0.15) is 50.3 Å². The van der Waals surface area contributed by atoms with E-state index < -0.39 is 5.97 Å². The number of unbranched alkanes of at least 4 members (excludes halogenated alkanes) is 2. The SMILES string of the molecule is CC(CCC(=O)O)NC(=O)CCCCCc1cccs1. The molecule has 2 N–H and O–H groups in total. The molecule has 0 bridgehead atoms. The van der Waals surface area contributed by atoms with Gasteiger partial charge < -0.3 is 10.4 Å². The third kappa shape index (κ3) is 7.94. The van der Waals surface area contributed by atoms with Gasteiger partial charge in [0.25, 0.3) is 0 Å². The first-order valence-electron chi connectivity index (χ1n) is 7.11. The van der Waals surface area contributed by atoms with Crippen molar-refractivity contribution in [3.8, 4) is 0 Å². The number of aryl methyl sites for hydroxylation is 1. The lowest BCUT2D eigenvalue weighted by atomic mass is 10.1. The zero-order valence-corrected chi connectivity index (χ0v) is 12.7. The van der Waals surface area contributed by atoms with Crippen LogP contribution in [0.4, 0.5) is 0 Å². The van der Waals surface area contributed by atoms with Crippen LogP contribution in [-0.2, 0) is 16.0 Å². The molecule has 5 heteroatoms. The number of hydrogen-bond acceptors (Lipinski definition) is 3. The van der Waals surface area contributed by atoms with Crippen molar-refractivity contribution in [1.29, 1.82) is 0 Å². The summed E-state index contributed by atoms with van der Waals surface area (Å²) >= 11 is 1.78. The second kappa shape index (κ2) is 9.53. The van der Waals surface area contributed by atoms with Crippen LogP contribution in [-0.4, -0.2) is 23.0 Å². The van der Waals surface area contributed by atoms with E-state index >= 15 is 0 Å². The summed E-state index contributed by atoms with van der Waals surface area (Å²) in [5.41, 5.74) is 0. The lowest BCUT2D eigenvalue weighted by Crippen LogP contribution is -2.32. The highest BCUT2D eigenvalue weighted by molar-refractivity contribution is 7.09. The maximum Gasteiger partial charge on any atom is 0.303 e. The molecule has 4 nitrogen and oxygen atoms in total.